The third-order valence-corrected chi connectivity index (χ3v) is 4.93. The van der Waals surface area contributed by atoms with Gasteiger partial charge in [-0.2, -0.15) is 0 Å². The third kappa shape index (κ3) is 3.14. The molecule has 0 aromatic carbocycles. The minimum atomic E-state index is 0.257. The number of hydrogen-bond acceptors (Lipinski definition) is 4. The third-order valence-electron chi connectivity index (χ3n) is 4.93. The monoisotopic (exact) mass is 310 g/mol. The fraction of sp³-hybridized carbons (Fsp3) is 0.500. The number of nitrogens with one attached hydrogen (secondary N) is 1. The van der Waals surface area contributed by atoms with Gasteiger partial charge in [0.05, 0.1) is 0 Å². The Morgan fingerprint density at radius 3 is 2.74 bits per heavy atom. The van der Waals surface area contributed by atoms with Crippen LogP contribution in [0, 0.1) is 11.8 Å². The van der Waals surface area contributed by atoms with E-state index in [1.54, 1.807) is 0 Å². The summed E-state index contributed by atoms with van der Waals surface area (Å²) >= 11 is 0. The summed E-state index contributed by atoms with van der Waals surface area (Å²) in [6.07, 6.45) is 8.02. The maximum absolute atomic E-state index is 11.7. The summed E-state index contributed by atoms with van der Waals surface area (Å²) in [5.74, 6) is 2.13. The number of hydrogen-bond donors (Lipinski definition) is 1. The zero-order valence-electron chi connectivity index (χ0n) is 13.2. The first kappa shape index (κ1) is 14.4. The van der Waals surface area contributed by atoms with E-state index in [1.165, 1.54) is 0 Å². The van der Waals surface area contributed by atoms with Gasteiger partial charge in [-0.1, -0.05) is 6.07 Å². The lowest BCUT2D eigenvalue weighted by molar-refractivity contribution is -0.122. The van der Waals surface area contributed by atoms with Crippen LogP contribution in [0.15, 0.2) is 30.6 Å². The van der Waals surface area contributed by atoms with Crippen molar-refractivity contribution in [1.82, 2.24) is 15.3 Å². The van der Waals surface area contributed by atoms with Gasteiger partial charge in [-0.3, -0.25) is 9.78 Å². The first-order valence-corrected chi connectivity index (χ1v) is 8.53. The highest BCUT2D eigenvalue weighted by atomic mass is 16.2. The molecule has 0 radical (unpaired) electrons. The molecule has 2 aromatic rings. The van der Waals surface area contributed by atoms with Crippen molar-refractivity contribution >= 4 is 22.6 Å². The Balaban J connectivity index is 1.38. The van der Waals surface area contributed by atoms with Gasteiger partial charge in [0, 0.05) is 43.3 Å². The Kier molecular flexibility index (Phi) is 3.85. The molecule has 0 spiro atoms. The number of aromatic nitrogens is 2. The van der Waals surface area contributed by atoms with Crippen molar-refractivity contribution in [3.05, 3.63) is 30.6 Å². The number of anilines is 1. The standard InChI is InChI=1S/C18H22N4O/c23-18(15-3-4-15)21-12-13-6-10-22(11-7-13)17-16-14(5-9-20-17)2-1-8-19-16/h1-2,5,8-9,13,15H,3-4,6-7,10-12H2,(H,21,23). The van der Waals surface area contributed by atoms with E-state index in [1.807, 2.05) is 24.5 Å². The second-order valence-corrected chi connectivity index (χ2v) is 6.66. The Bertz CT molecular complexity index is 700. The van der Waals surface area contributed by atoms with Crippen molar-refractivity contribution in [2.24, 2.45) is 11.8 Å². The molecule has 120 valence electrons. The van der Waals surface area contributed by atoms with Gasteiger partial charge in [0.25, 0.3) is 0 Å². The smallest absolute Gasteiger partial charge is 0.223 e. The fourth-order valence-electron chi connectivity index (χ4n) is 3.30. The van der Waals surface area contributed by atoms with Crippen molar-refractivity contribution in [2.45, 2.75) is 25.7 Å². The van der Waals surface area contributed by atoms with Gasteiger partial charge in [-0.05, 0) is 43.7 Å². The molecule has 4 rings (SSSR count). The van der Waals surface area contributed by atoms with Gasteiger partial charge in [0.2, 0.25) is 5.91 Å². The summed E-state index contributed by atoms with van der Waals surface area (Å²) in [5, 5.41) is 4.25. The summed E-state index contributed by atoms with van der Waals surface area (Å²) in [6, 6.07) is 6.04. The molecule has 0 unspecified atom stereocenters. The van der Waals surface area contributed by atoms with Gasteiger partial charge in [0.15, 0.2) is 5.82 Å². The van der Waals surface area contributed by atoms with E-state index < -0.39 is 0 Å². The number of carbonyl (C=O) groups excluding carboxylic acids is 1. The quantitative estimate of drug-likeness (QED) is 0.942. The van der Waals surface area contributed by atoms with Crippen molar-refractivity contribution in [3.63, 3.8) is 0 Å². The summed E-state index contributed by atoms with van der Waals surface area (Å²) in [7, 11) is 0. The van der Waals surface area contributed by atoms with E-state index in [0.717, 1.165) is 62.0 Å². The molecule has 2 aromatic heterocycles. The molecule has 2 aliphatic rings. The Morgan fingerprint density at radius 2 is 1.96 bits per heavy atom. The van der Waals surface area contributed by atoms with Crippen LogP contribution < -0.4 is 10.2 Å². The molecule has 5 nitrogen and oxygen atoms in total. The van der Waals surface area contributed by atoms with Crippen molar-refractivity contribution < 1.29 is 4.79 Å². The summed E-state index contributed by atoms with van der Waals surface area (Å²) in [4.78, 5) is 23.1. The van der Waals surface area contributed by atoms with Crippen LogP contribution in [-0.2, 0) is 4.79 Å². The molecule has 0 atom stereocenters. The fourth-order valence-corrected chi connectivity index (χ4v) is 3.30. The van der Waals surface area contributed by atoms with Crippen molar-refractivity contribution in [2.75, 3.05) is 24.5 Å². The topological polar surface area (TPSA) is 58.1 Å². The van der Waals surface area contributed by atoms with Crippen LogP contribution in [0.25, 0.3) is 10.9 Å². The van der Waals surface area contributed by atoms with Crippen LogP contribution in [0.4, 0.5) is 5.82 Å². The summed E-state index contributed by atoms with van der Waals surface area (Å²) in [5.41, 5.74) is 0.982. The van der Waals surface area contributed by atoms with Crippen LogP contribution in [-0.4, -0.2) is 35.5 Å². The average molecular weight is 310 g/mol. The summed E-state index contributed by atoms with van der Waals surface area (Å²) in [6.45, 7) is 2.78. The molecule has 1 aliphatic carbocycles. The predicted molar refractivity (Wildman–Crippen MR) is 90.2 cm³/mol. The Morgan fingerprint density at radius 1 is 1.13 bits per heavy atom. The number of fused-ring (bicyclic) bond motifs is 1. The van der Waals surface area contributed by atoms with Crippen molar-refractivity contribution in [3.8, 4) is 0 Å². The van der Waals surface area contributed by atoms with Crippen LogP contribution in [0.3, 0.4) is 0 Å². The van der Waals surface area contributed by atoms with Crippen LogP contribution >= 0.6 is 0 Å². The minimum Gasteiger partial charge on any atom is -0.356 e. The lowest BCUT2D eigenvalue weighted by Crippen LogP contribution is -2.39. The Labute approximate surface area is 136 Å². The molecular weight excluding hydrogens is 288 g/mol. The lowest BCUT2D eigenvalue weighted by Gasteiger charge is -2.33. The second-order valence-electron chi connectivity index (χ2n) is 6.66. The minimum absolute atomic E-state index is 0.257. The number of rotatable bonds is 4. The number of carbonyl (C=O) groups is 1. The van der Waals surface area contributed by atoms with E-state index in [2.05, 4.69) is 26.3 Å². The molecule has 1 saturated heterocycles. The van der Waals surface area contributed by atoms with E-state index in [-0.39, 0.29) is 5.91 Å². The normalized spacial score (nSPS) is 19.0. The van der Waals surface area contributed by atoms with E-state index in [9.17, 15) is 4.79 Å². The molecule has 1 N–H and O–H groups in total. The largest absolute Gasteiger partial charge is 0.356 e. The first-order chi connectivity index (χ1) is 11.3. The molecule has 1 saturated carbocycles. The number of pyridine rings is 2. The van der Waals surface area contributed by atoms with Gasteiger partial charge < -0.3 is 10.2 Å². The zero-order valence-corrected chi connectivity index (χ0v) is 13.2. The first-order valence-electron chi connectivity index (χ1n) is 8.53. The molecule has 1 aliphatic heterocycles. The predicted octanol–water partition coefficient (Wildman–Crippen LogP) is 2.37. The summed E-state index contributed by atoms with van der Waals surface area (Å²) < 4.78 is 0. The highest BCUT2D eigenvalue weighted by Crippen LogP contribution is 2.29. The number of piperidine rings is 1. The maximum atomic E-state index is 11.7. The molecular formula is C18H22N4O. The van der Waals surface area contributed by atoms with Crippen LogP contribution in [0.2, 0.25) is 0 Å². The van der Waals surface area contributed by atoms with Gasteiger partial charge in [-0.15, -0.1) is 0 Å². The van der Waals surface area contributed by atoms with E-state index in [0.29, 0.717) is 11.8 Å². The lowest BCUT2D eigenvalue weighted by atomic mass is 9.96. The molecule has 23 heavy (non-hydrogen) atoms. The second kappa shape index (κ2) is 6.14. The van der Waals surface area contributed by atoms with E-state index in [4.69, 9.17) is 0 Å². The average Bonchev–Trinajstić information content (AvgIpc) is 3.45. The Hall–Kier alpha value is -2.17. The van der Waals surface area contributed by atoms with Crippen LogP contribution in [0.1, 0.15) is 25.7 Å². The van der Waals surface area contributed by atoms with E-state index >= 15 is 0 Å². The van der Waals surface area contributed by atoms with Gasteiger partial charge in [0.1, 0.15) is 5.52 Å². The zero-order chi connectivity index (χ0) is 15.6. The molecule has 0 bridgehead atoms. The van der Waals surface area contributed by atoms with Gasteiger partial charge >= 0.3 is 0 Å². The van der Waals surface area contributed by atoms with Crippen LogP contribution in [0.5, 0.6) is 0 Å². The molecule has 2 fully saturated rings. The van der Waals surface area contributed by atoms with Gasteiger partial charge in [-0.25, -0.2) is 4.98 Å². The molecule has 5 heteroatoms. The molecule has 3 heterocycles. The highest BCUT2D eigenvalue weighted by molar-refractivity contribution is 5.88. The highest BCUT2D eigenvalue weighted by Gasteiger charge is 2.30. The number of amides is 1. The number of nitrogens with zero attached hydrogens (tertiary/aromatic N) is 3. The SMILES string of the molecule is O=C(NCC1CCN(c2nccc3cccnc23)CC1)C1CC1. The maximum Gasteiger partial charge on any atom is 0.223 e. The van der Waals surface area contributed by atoms with Crippen molar-refractivity contribution in [1.29, 1.82) is 0 Å². The molecule has 1 amide bonds.